The molecule has 1 heterocycles. The van der Waals surface area contributed by atoms with Gasteiger partial charge in [-0.1, -0.05) is 0 Å². The summed E-state index contributed by atoms with van der Waals surface area (Å²) in [7, 11) is 4.02. The molecule has 0 bridgehead atoms. The topological polar surface area (TPSA) is 49.0 Å². The molecule has 1 aromatic rings. The highest BCUT2D eigenvalue weighted by Crippen LogP contribution is 1.98. The minimum Gasteiger partial charge on any atom is -0.309 e. The minimum absolute atomic E-state index is 0.476. The van der Waals surface area contributed by atoms with Crippen molar-refractivity contribution in [2.75, 3.05) is 20.6 Å². The van der Waals surface area contributed by atoms with Crippen molar-refractivity contribution >= 4 is 6.29 Å². The number of carbonyl (C=O) groups is 1. The number of rotatable bonds is 4. The highest BCUT2D eigenvalue weighted by molar-refractivity contribution is 5.71. The Bertz CT molecular complexity index is 255. The van der Waals surface area contributed by atoms with Gasteiger partial charge in [0.1, 0.15) is 5.69 Å². The number of hydrogen-bond acceptors (Lipinski definition) is 3. The molecule has 1 rings (SSSR count). The normalized spacial score (nSPS) is 10.6. The van der Waals surface area contributed by atoms with Gasteiger partial charge in [0.2, 0.25) is 0 Å². The second kappa shape index (κ2) is 4.01. The fraction of sp³-hybridized carbons (Fsp3) is 0.500. The van der Waals surface area contributed by atoms with Crippen LogP contribution in [0, 0.1) is 0 Å². The molecule has 0 aliphatic rings. The molecular weight excluding hydrogens is 154 g/mol. The molecule has 12 heavy (non-hydrogen) atoms. The van der Waals surface area contributed by atoms with Crippen molar-refractivity contribution in [2.24, 2.45) is 0 Å². The van der Waals surface area contributed by atoms with Gasteiger partial charge in [-0.25, -0.2) is 0 Å². The minimum atomic E-state index is 0.476. The highest BCUT2D eigenvalue weighted by Gasteiger charge is 1.99. The number of hydrogen-bond donors (Lipinski definition) is 1. The molecular formula is C8H13N3O. The second-order valence-electron chi connectivity index (χ2n) is 2.99. The molecule has 0 spiro atoms. The van der Waals surface area contributed by atoms with Crippen LogP contribution in [0.2, 0.25) is 0 Å². The van der Waals surface area contributed by atoms with Gasteiger partial charge in [0.25, 0.3) is 0 Å². The van der Waals surface area contributed by atoms with Crippen molar-refractivity contribution in [3.8, 4) is 0 Å². The van der Waals surface area contributed by atoms with E-state index in [-0.39, 0.29) is 0 Å². The van der Waals surface area contributed by atoms with Crippen LogP contribution >= 0.6 is 0 Å². The zero-order valence-electron chi connectivity index (χ0n) is 7.37. The van der Waals surface area contributed by atoms with Crippen molar-refractivity contribution in [1.82, 2.24) is 15.1 Å². The van der Waals surface area contributed by atoms with Gasteiger partial charge in [0, 0.05) is 18.7 Å². The van der Waals surface area contributed by atoms with Crippen molar-refractivity contribution in [1.29, 1.82) is 0 Å². The van der Waals surface area contributed by atoms with Gasteiger partial charge in [-0.15, -0.1) is 0 Å². The van der Waals surface area contributed by atoms with E-state index >= 15 is 0 Å². The van der Waals surface area contributed by atoms with Crippen molar-refractivity contribution in [3.63, 3.8) is 0 Å². The maximum absolute atomic E-state index is 10.3. The summed E-state index contributed by atoms with van der Waals surface area (Å²) in [6.07, 6.45) is 1.64. The molecule has 0 unspecified atom stereocenters. The second-order valence-corrected chi connectivity index (χ2v) is 2.99. The number of nitrogens with zero attached hydrogens (tertiary/aromatic N) is 2. The maximum atomic E-state index is 10.3. The van der Waals surface area contributed by atoms with E-state index in [0.29, 0.717) is 5.69 Å². The SMILES string of the molecule is CN(C)CCc1cc(C=O)n[nH]1. The van der Waals surface area contributed by atoms with E-state index in [0.717, 1.165) is 24.9 Å². The first-order valence-corrected chi connectivity index (χ1v) is 3.86. The van der Waals surface area contributed by atoms with Crippen LogP contribution in [0.3, 0.4) is 0 Å². The first kappa shape index (κ1) is 8.93. The van der Waals surface area contributed by atoms with Crippen LogP contribution in [0.4, 0.5) is 0 Å². The monoisotopic (exact) mass is 167 g/mol. The van der Waals surface area contributed by atoms with Crippen LogP contribution < -0.4 is 0 Å². The molecule has 0 aliphatic carbocycles. The summed E-state index contributed by atoms with van der Waals surface area (Å²) < 4.78 is 0. The van der Waals surface area contributed by atoms with E-state index in [9.17, 15) is 4.79 Å². The summed E-state index contributed by atoms with van der Waals surface area (Å²) in [5.74, 6) is 0. The van der Waals surface area contributed by atoms with Crippen LogP contribution in [0.5, 0.6) is 0 Å². The summed E-state index contributed by atoms with van der Waals surface area (Å²) >= 11 is 0. The lowest BCUT2D eigenvalue weighted by Gasteiger charge is -2.06. The molecule has 0 saturated carbocycles. The van der Waals surface area contributed by atoms with Gasteiger partial charge in [0.05, 0.1) is 0 Å². The number of aromatic amines is 1. The Hall–Kier alpha value is -1.16. The molecule has 66 valence electrons. The van der Waals surface area contributed by atoms with Crippen LogP contribution in [0.1, 0.15) is 16.2 Å². The lowest BCUT2D eigenvalue weighted by atomic mass is 10.3. The van der Waals surface area contributed by atoms with Gasteiger partial charge < -0.3 is 4.90 Å². The van der Waals surface area contributed by atoms with Crippen LogP contribution in [0.25, 0.3) is 0 Å². The van der Waals surface area contributed by atoms with Crippen LogP contribution in [-0.2, 0) is 6.42 Å². The first-order valence-electron chi connectivity index (χ1n) is 3.86. The molecule has 1 aromatic heterocycles. The highest BCUT2D eigenvalue weighted by atomic mass is 16.1. The first-order chi connectivity index (χ1) is 5.72. The predicted molar refractivity (Wildman–Crippen MR) is 46.2 cm³/mol. The van der Waals surface area contributed by atoms with E-state index in [2.05, 4.69) is 15.1 Å². The Labute approximate surface area is 71.6 Å². The standard InChI is InChI=1S/C8H13N3O/c1-11(2)4-3-7-5-8(6-12)10-9-7/h5-6H,3-4H2,1-2H3,(H,9,10). The Morgan fingerprint density at radius 1 is 1.67 bits per heavy atom. The van der Waals surface area contributed by atoms with Gasteiger partial charge >= 0.3 is 0 Å². The van der Waals surface area contributed by atoms with Crippen molar-refractivity contribution < 1.29 is 4.79 Å². The smallest absolute Gasteiger partial charge is 0.170 e. The Morgan fingerprint density at radius 3 is 2.92 bits per heavy atom. The summed E-state index contributed by atoms with van der Waals surface area (Å²) in [6.45, 7) is 0.959. The summed E-state index contributed by atoms with van der Waals surface area (Å²) in [5.41, 5.74) is 1.48. The molecule has 0 aliphatic heterocycles. The fourth-order valence-electron chi connectivity index (χ4n) is 0.912. The van der Waals surface area contributed by atoms with E-state index in [1.807, 2.05) is 14.1 Å². The lowest BCUT2D eigenvalue weighted by molar-refractivity contribution is 0.111. The van der Waals surface area contributed by atoms with E-state index in [1.165, 1.54) is 0 Å². The number of aldehydes is 1. The Morgan fingerprint density at radius 2 is 2.42 bits per heavy atom. The van der Waals surface area contributed by atoms with Gasteiger partial charge in [-0.05, 0) is 20.2 Å². The summed E-state index contributed by atoms with van der Waals surface area (Å²) in [4.78, 5) is 12.3. The average molecular weight is 167 g/mol. The predicted octanol–water partition coefficient (Wildman–Crippen LogP) is 0.326. The number of carbonyl (C=O) groups excluding carboxylic acids is 1. The Balaban J connectivity index is 2.47. The summed E-state index contributed by atoms with van der Waals surface area (Å²) in [6, 6.07) is 1.77. The quantitative estimate of drug-likeness (QED) is 0.657. The van der Waals surface area contributed by atoms with Crippen molar-refractivity contribution in [2.45, 2.75) is 6.42 Å². The number of aromatic nitrogens is 2. The van der Waals surface area contributed by atoms with Crippen LogP contribution in [0.15, 0.2) is 6.07 Å². The third-order valence-electron chi connectivity index (χ3n) is 1.60. The van der Waals surface area contributed by atoms with Gasteiger partial charge in [0.15, 0.2) is 6.29 Å². The molecule has 0 radical (unpaired) electrons. The lowest BCUT2D eigenvalue weighted by Crippen LogP contribution is -2.15. The van der Waals surface area contributed by atoms with Crippen LogP contribution in [-0.4, -0.2) is 42.0 Å². The zero-order valence-corrected chi connectivity index (χ0v) is 7.37. The molecule has 4 nitrogen and oxygen atoms in total. The third-order valence-corrected chi connectivity index (χ3v) is 1.60. The fourth-order valence-corrected chi connectivity index (χ4v) is 0.912. The molecule has 4 heteroatoms. The molecule has 0 atom stereocenters. The molecule has 0 amide bonds. The Kier molecular flexibility index (Phi) is 2.99. The van der Waals surface area contributed by atoms with E-state index < -0.39 is 0 Å². The molecule has 0 aromatic carbocycles. The van der Waals surface area contributed by atoms with E-state index in [1.54, 1.807) is 6.07 Å². The molecule has 0 saturated heterocycles. The average Bonchev–Trinajstić information content (AvgIpc) is 2.48. The number of nitrogens with one attached hydrogen (secondary N) is 1. The zero-order chi connectivity index (χ0) is 8.97. The van der Waals surface area contributed by atoms with Gasteiger partial charge in [-0.3, -0.25) is 9.89 Å². The summed E-state index contributed by atoms with van der Waals surface area (Å²) in [5, 5.41) is 6.61. The van der Waals surface area contributed by atoms with Crippen molar-refractivity contribution in [3.05, 3.63) is 17.5 Å². The molecule has 1 N–H and O–H groups in total. The third kappa shape index (κ3) is 2.47. The van der Waals surface area contributed by atoms with Gasteiger partial charge in [-0.2, -0.15) is 5.10 Å². The maximum Gasteiger partial charge on any atom is 0.170 e. The van der Waals surface area contributed by atoms with E-state index in [4.69, 9.17) is 0 Å². The molecule has 0 fully saturated rings. The number of H-pyrrole nitrogens is 1. The number of likely N-dealkylation sites (N-methyl/N-ethyl adjacent to an activating group) is 1. The largest absolute Gasteiger partial charge is 0.309 e.